The Kier molecular flexibility index (Phi) is 7.41. The number of aryl methyl sites for hydroxylation is 1. The van der Waals surface area contributed by atoms with E-state index in [1.54, 1.807) is 36.2 Å². The predicted octanol–water partition coefficient (Wildman–Crippen LogP) is 2.92. The summed E-state index contributed by atoms with van der Waals surface area (Å²) in [5.41, 5.74) is 2.82. The number of benzene rings is 2. The zero-order chi connectivity index (χ0) is 23.3. The molecule has 3 rings (SSSR count). The second kappa shape index (κ2) is 10.2. The third-order valence-corrected chi connectivity index (χ3v) is 5.88. The van der Waals surface area contributed by atoms with Crippen molar-refractivity contribution in [2.24, 2.45) is 0 Å². The lowest BCUT2D eigenvalue weighted by atomic mass is 10.1. The summed E-state index contributed by atoms with van der Waals surface area (Å²) < 4.78 is 0. The van der Waals surface area contributed by atoms with Gasteiger partial charge in [-0.25, -0.2) is 0 Å². The topological polar surface area (TPSA) is 86.8 Å². The van der Waals surface area contributed by atoms with Crippen LogP contribution in [0.4, 0.5) is 0 Å². The number of nitrogens with one attached hydrogen (secondary N) is 1. The number of rotatable bonds is 9. The molecule has 2 aromatic carbocycles. The molecule has 0 bridgehead atoms. The first-order valence-electron chi connectivity index (χ1n) is 10.9. The van der Waals surface area contributed by atoms with Gasteiger partial charge in [-0.05, 0) is 43.0 Å². The van der Waals surface area contributed by atoms with Crippen molar-refractivity contribution in [3.8, 4) is 0 Å². The zero-order valence-corrected chi connectivity index (χ0v) is 18.8. The standard InChI is InChI=1S/C25H29N3O4/c1-4-21(23(30)26-3)28(16-18-11-6-5-10-17(18)2)22(29)14-9-15-27-24(31)19-12-7-8-13-20(19)25(27)32/h5-8,10-13,21H,4,9,14-16H2,1-3H3,(H,26,30)/t21-/m1/s1. The SMILES string of the molecule is CC[C@H](C(=O)NC)N(Cc1ccccc1C)C(=O)CCCN1C(=O)c2ccccc2C1=O. The summed E-state index contributed by atoms with van der Waals surface area (Å²) >= 11 is 0. The zero-order valence-electron chi connectivity index (χ0n) is 18.8. The molecule has 1 aliphatic heterocycles. The molecule has 0 aliphatic carbocycles. The highest BCUT2D eigenvalue weighted by atomic mass is 16.2. The van der Waals surface area contributed by atoms with Crippen LogP contribution in [0.25, 0.3) is 0 Å². The summed E-state index contributed by atoms with van der Waals surface area (Å²) in [6, 6.07) is 13.9. The number of carbonyl (C=O) groups excluding carboxylic acids is 4. The summed E-state index contributed by atoms with van der Waals surface area (Å²) in [7, 11) is 1.56. The van der Waals surface area contributed by atoms with E-state index in [1.807, 2.05) is 38.1 Å². The van der Waals surface area contributed by atoms with E-state index in [2.05, 4.69) is 5.32 Å². The van der Waals surface area contributed by atoms with Crippen molar-refractivity contribution in [1.82, 2.24) is 15.1 Å². The maximum Gasteiger partial charge on any atom is 0.261 e. The van der Waals surface area contributed by atoms with Crippen LogP contribution in [0.1, 0.15) is 58.0 Å². The van der Waals surface area contributed by atoms with Crippen LogP contribution in [0.3, 0.4) is 0 Å². The molecule has 32 heavy (non-hydrogen) atoms. The van der Waals surface area contributed by atoms with Gasteiger partial charge < -0.3 is 10.2 Å². The quantitative estimate of drug-likeness (QED) is 0.614. The highest BCUT2D eigenvalue weighted by molar-refractivity contribution is 6.21. The number of amides is 4. The van der Waals surface area contributed by atoms with E-state index in [1.165, 1.54) is 4.90 Å². The Morgan fingerprint density at radius 1 is 1.00 bits per heavy atom. The van der Waals surface area contributed by atoms with Crippen molar-refractivity contribution in [1.29, 1.82) is 0 Å². The summed E-state index contributed by atoms with van der Waals surface area (Å²) in [6.45, 7) is 4.33. The van der Waals surface area contributed by atoms with Gasteiger partial charge in [-0.1, -0.05) is 43.3 Å². The first-order valence-corrected chi connectivity index (χ1v) is 10.9. The minimum atomic E-state index is -0.591. The number of likely N-dealkylation sites (N-methyl/N-ethyl adjacent to an activating group) is 1. The van der Waals surface area contributed by atoms with Gasteiger partial charge in [0.25, 0.3) is 11.8 Å². The van der Waals surface area contributed by atoms with Crippen LogP contribution in [0.2, 0.25) is 0 Å². The van der Waals surface area contributed by atoms with Crippen LogP contribution in [0.15, 0.2) is 48.5 Å². The molecule has 1 heterocycles. The maximum atomic E-state index is 13.2. The summed E-state index contributed by atoms with van der Waals surface area (Å²) in [5, 5.41) is 2.64. The van der Waals surface area contributed by atoms with Gasteiger partial charge in [0.1, 0.15) is 6.04 Å². The Morgan fingerprint density at radius 3 is 2.16 bits per heavy atom. The molecule has 1 atom stereocenters. The van der Waals surface area contributed by atoms with E-state index in [4.69, 9.17) is 0 Å². The van der Waals surface area contributed by atoms with Gasteiger partial charge in [-0.3, -0.25) is 24.1 Å². The molecule has 0 unspecified atom stereocenters. The van der Waals surface area contributed by atoms with Crippen LogP contribution in [0.5, 0.6) is 0 Å². The van der Waals surface area contributed by atoms with E-state index in [0.717, 1.165) is 11.1 Å². The van der Waals surface area contributed by atoms with Crippen molar-refractivity contribution in [3.63, 3.8) is 0 Å². The normalized spacial score (nSPS) is 13.7. The Labute approximate surface area is 188 Å². The van der Waals surface area contributed by atoms with E-state index in [9.17, 15) is 19.2 Å². The highest BCUT2D eigenvalue weighted by Crippen LogP contribution is 2.23. The largest absolute Gasteiger partial charge is 0.357 e. The van der Waals surface area contributed by atoms with E-state index in [0.29, 0.717) is 30.5 Å². The van der Waals surface area contributed by atoms with Gasteiger partial charge in [0.2, 0.25) is 11.8 Å². The summed E-state index contributed by atoms with van der Waals surface area (Å²) in [6.07, 6.45) is 0.946. The average Bonchev–Trinajstić information content (AvgIpc) is 3.04. The molecule has 4 amide bonds. The van der Waals surface area contributed by atoms with Gasteiger partial charge in [0, 0.05) is 26.6 Å². The lowest BCUT2D eigenvalue weighted by molar-refractivity contribution is -0.141. The number of imide groups is 1. The molecule has 2 aromatic rings. The predicted molar refractivity (Wildman–Crippen MR) is 121 cm³/mol. The molecule has 0 fully saturated rings. The van der Waals surface area contributed by atoms with Crippen LogP contribution in [-0.4, -0.2) is 53.1 Å². The fraction of sp³-hybridized carbons (Fsp3) is 0.360. The van der Waals surface area contributed by atoms with Crippen molar-refractivity contribution in [3.05, 3.63) is 70.8 Å². The fourth-order valence-electron chi connectivity index (χ4n) is 4.03. The third kappa shape index (κ3) is 4.72. The number of nitrogens with zero attached hydrogens (tertiary/aromatic N) is 2. The molecule has 0 saturated heterocycles. The first-order chi connectivity index (χ1) is 15.4. The third-order valence-electron chi connectivity index (χ3n) is 5.88. The number of fused-ring (bicyclic) bond motifs is 1. The molecule has 1 N–H and O–H groups in total. The summed E-state index contributed by atoms with van der Waals surface area (Å²) in [5.74, 6) is -1.05. The maximum absolute atomic E-state index is 13.2. The Balaban J connectivity index is 1.70. The van der Waals surface area contributed by atoms with Crippen LogP contribution in [-0.2, 0) is 16.1 Å². The molecular formula is C25H29N3O4. The van der Waals surface area contributed by atoms with Crippen LogP contribution >= 0.6 is 0 Å². The lowest BCUT2D eigenvalue weighted by Crippen LogP contribution is -2.48. The molecule has 0 spiro atoms. The Morgan fingerprint density at radius 2 is 1.59 bits per heavy atom. The highest BCUT2D eigenvalue weighted by Gasteiger charge is 2.35. The van der Waals surface area contributed by atoms with Gasteiger partial charge in [-0.2, -0.15) is 0 Å². The molecule has 1 aliphatic rings. The van der Waals surface area contributed by atoms with Crippen molar-refractivity contribution < 1.29 is 19.2 Å². The number of hydrogen-bond donors (Lipinski definition) is 1. The molecule has 168 valence electrons. The second-order valence-corrected chi connectivity index (χ2v) is 7.90. The average molecular weight is 436 g/mol. The molecule has 7 heteroatoms. The number of carbonyl (C=O) groups is 4. The second-order valence-electron chi connectivity index (χ2n) is 7.90. The Bertz CT molecular complexity index is 998. The fourth-order valence-corrected chi connectivity index (χ4v) is 4.03. The van der Waals surface area contributed by atoms with Gasteiger partial charge in [-0.15, -0.1) is 0 Å². The molecule has 7 nitrogen and oxygen atoms in total. The van der Waals surface area contributed by atoms with E-state index >= 15 is 0 Å². The minimum Gasteiger partial charge on any atom is -0.357 e. The molecule has 0 radical (unpaired) electrons. The first kappa shape index (κ1) is 23.2. The smallest absolute Gasteiger partial charge is 0.261 e. The van der Waals surface area contributed by atoms with Gasteiger partial charge in [0.05, 0.1) is 11.1 Å². The molecule has 0 aromatic heterocycles. The monoisotopic (exact) mass is 435 g/mol. The lowest BCUT2D eigenvalue weighted by Gasteiger charge is -2.31. The van der Waals surface area contributed by atoms with Crippen molar-refractivity contribution in [2.45, 2.75) is 45.7 Å². The number of hydrogen-bond acceptors (Lipinski definition) is 4. The van der Waals surface area contributed by atoms with Gasteiger partial charge >= 0.3 is 0 Å². The van der Waals surface area contributed by atoms with E-state index < -0.39 is 6.04 Å². The van der Waals surface area contributed by atoms with Crippen LogP contribution < -0.4 is 5.32 Å². The molecule has 0 saturated carbocycles. The van der Waals surface area contributed by atoms with Crippen LogP contribution in [0, 0.1) is 6.92 Å². The van der Waals surface area contributed by atoms with Crippen molar-refractivity contribution >= 4 is 23.6 Å². The Hall–Kier alpha value is -3.48. The molecular weight excluding hydrogens is 406 g/mol. The van der Waals surface area contributed by atoms with E-state index in [-0.39, 0.29) is 36.6 Å². The van der Waals surface area contributed by atoms with Crippen molar-refractivity contribution in [2.75, 3.05) is 13.6 Å². The summed E-state index contributed by atoms with van der Waals surface area (Å²) in [4.78, 5) is 53.5. The minimum absolute atomic E-state index is 0.132. The van der Waals surface area contributed by atoms with Gasteiger partial charge in [0.15, 0.2) is 0 Å².